The lowest BCUT2D eigenvalue weighted by atomic mass is 10.3. The molecule has 0 saturated heterocycles. The Morgan fingerprint density at radius 3 is 2.65 bits per heavy atom. The van der Waals surface area contributed by atoms with Crippen LogP contribution in [-0.4, -0.2) is 45.9 Å². The van der Waals surface area contributed by atoms with Crippen LogP contribution in [0.15, 0.2) is 30.3 Å². The molecule has 0 aliphatic rings. The van der Waals surface area contributed by atoms with E-state index in [1.165, 1.54) is 0 Å². The molecule has 20 heavy (non-hydrogen) atoms. The number of methoxy groups -OCH3 is 1. The van der Waals surface area contributed by atoms with Crippen molar-refractivity contribution in [1.29, 1.82) is 0 Å². The highest BCUT2D eigenvalue weighted by Gasteiger charge is 1.99. The first-order chi connectivity index (χ1) is 9.83. The van der Waals surface area contributed by atoms with Gasteiger partial charge in [0.25, 0.3) is 0 Å². The molecular weight excluding hydrogens is 256 g/mol. The van der Waals surface area contributed by atoms with Crippen molar-refractivity contribution in [3.8, 4) is 0 Å². The molecule has 0 aliphatic carbocycles. The largest absolute Gasteiger partial charge is 0.382 e. The zero-order valence-corrected chi connectivity index (χ0v) is 12.1. The first-order valence-electron chi connectivity index (χ1n) is 6.95. The molecule has 0 spiro atoms. The maximum Gasteiger partial charge on any atom is 0.239 e. The summed E-state index contributed by atoms with van der Waals surface area (Å²) in [4.78, 5) is 11.6. The van der Waals surface area contributed by atoms with Gasteiger partial charge in [0.15, 0.2) is 0 Å². The van der Waals surface area contributed by atoms with Gasteiger partial charge < -0.3 is 20.1 Å². The third-order valence-electron chi connectivity index (χ3n) is 2.70. The fourth-order valence-corrected chi connectivity index (χ4v) is 1.60. The van der Waals surface area contributed by atoms with Crippen molar-refractivity contribution in [2.75, 3.05) is 45.3 Å². The normalized spacial score (nSPS) is 10.2. The first kappa shape index (κ1) is 16.5. The Bertz CT molecular complexity index is 357. The van der Waals surface area contributed by atoms with Gasteiger partial charge in [0.2, 0.25) is 5.91 Å². The summed E-state index contributed by atoms with van der Waals surface area (Å²) in [7, 11) is 1.66. The van der Waals surface area contributed by atoms with Crippen molar-refractivity contribution in [1.82, 2.24) is 5.32 Å². The van der Waals surface area contributed by atoms with Gasteiger partial charge in [0.1, 0.15) is 0 Å². The van der Waals surface area contributed by atoms with Gasteiger partial charge in [0.05, 0.1) is 19.8 Å². The molecule has 5 heteroatoms. The summed E-state index contributed by atoms with van der Waals surface area (Å²) < 4.78 is 10.2. The monoisotopic (exact) mass is 280 g/mol. The number of rotatable bonds is 11. The average Bonchev–Trinajstić information content (AvgIpc) is 2.49. The molecule has 0 aromatic heterocycles. The van der Waals surface area contributed by atoms with Crippen LogP contribution in [0.5, 0.6) is 0 Å². The Kier molecular flexibility index (Phi) is 9.26. The topological polar surface area (TPSA) is 59.6 Å². The summed E-state index contributed by atoms with van der Waals surface area (Å²) in [5.41, 5.74) is 0.953. The van der Waals surface area contributed by atoms with E-state index in [-0.39, 0.29) is 5.91 Å². The van der Waals surface area contributed by atoms with Gasteiger partial charge in [-0.05, 0) is 25.0 Å². The van der Waals surface area contributed by atoms with Crippen LogP contribution in [0, 0.1) is 0 Å². The number of nitrogens with one attached hydrogen (secondary N) is 2. The summed E-state index contributed by atoms with van der Waals surface area (Å²) in [6.07, 6.45) is 1.86. The van der Waals surface area contributed by atoms with E-state index in [1.54, 1.807) is 7.11 Å². The lowest BCUT2D eigenvalue weighted by Gasteiger charge is -2.08. The molecule has 0 unspecified atom stereocenters. The van der Waals surface area contributed by atoms with Gasteiger partial charge in [-0.25, -0.2) is 0 Å². The van der Waals surface area contributed by atoms with Crippen LogP contribution in [0.3, 0.4) is 0 Å². The molecule has 0 aliphatic heterocycles. The molecule has 1 aromatic rings. The van der Waals surface area contributed by atoms with Gasteiger partial charge in [-0.15, -0.1) is 0 Å². The van der Waals surface area contributed by atoms with Crippen molar-refractivity contribution in [3.63, 3.8) is 0 Å². The molecule has 5 nitrogen and oxygen atoms in total. The third-order valence-corrected chi connectivity index (χ3v) is 2.70. The van der Waals surface area contributed by atoms with Gasteiger partial charge in [0, 0.05) is 25.9 Å². The lowest BCUT2D eigenvalue weighted by molar-refractivity contribution is -0.119. The minimum Gasteiger partial charge on any atom is -0.382 e. The molecule has 1 amide bonds. The molecule has 0 fully saturated rings. The number of para-hydroxylation sites is 1. The van der Waals surface area contributed by atoms with Crippen LogP contribution in [0.4, 0.5) is 5.69 Å². The van der Waals surface area contributed by atoms with Crippen molar-refractivity contribution < 1.29 is 14.3 Å². The van der Waals surface area contributed by atoms with Gasteiger partial charge >= 0.3 is 0 Å². The highest BCUT2D eigenvalue weighted by atomic mass is 16.5. The van der Waals surface area contributed by atoms with Crippen LogP contribution in [0.1, 0.15) is 12.8 Å². The number of carbonyl (C=O) groups excluding carboxylic acids is 1. The predicted octanol–water partition coefficient (Wildman–Crippen LogP) is 1.66. The van der Waals surface area contributed by atoms with E-state index in [0.29, 0.717) is 32.9 Å². The lowest BCUT2D eigenvalue weighted by Crippen LogP contribution is -2.30. The second kappa shape index (κ2) is 11.3. The fraction of sp³-hybridized carbons (Fsp3) is 0.533. The van der Waals surface area contributed by atoms with E-state index < -0.39 is 0 Å². The van der Waals surface area contributed by atoms with Crippen molar-refractivity contribution in [3.05, 3.63) is 30.3 Å². The molecular formula is C15H24N2O3. The standard InChI is InChI=1S/C15H24N2O3/c1-19-11-12-20-10-6-5-9-16-15(18)13-17-14-7-3-2-4-8-14/h2-4,7-8,17H,5-6,9-13H2,1H3,(H,16,18). The number of hydrogen-bond donors (Lipinski definition) is 2. The number of benzene rings is 1. The third kappa shape index (κ3) is 8.50. The SMILES string of the molecule is COCCOCCCCNC(=O)CNc1ccccc1. The molecule has 0 radical (unpaired) electrons. The van der Waals surface area contributed by atoms with Crippen LogP contribution in [0.2, 0.25) is 0 Å². The Labute approximate surface area is 120 Å². The Morgan fingerprint density at radius 2 is 1.90 bits per heavy atom. The number of carbonyl (C=O) groups is 1. The number of unbranched alkanes of at least 4 members (excludes halogenated alkanes) is 1. The van der Waals surface area contributed by atoms with Gasteiger partial charge in [-0.1, -0.05) is 18.2 Å². The summed E-state index contributed by atoms with van der Waals surface area (Å²) in [5, 5.41) is 5.94. The van der Waals surface area contributed by atoms with E-state index >= 15 is 0 Å². The quantitative estimate of drug-likeness (QED) is 0.605. The zero-order chi connectivity index (χ0) is 14.5. The van der Waals surface area contributed by atoms with Crippen molar-refractivity contribution in [2.24, 2.45) is 0 Å². The molecule has 2 N–H and O–H groups in total. The molecule has 0 saturated carbocycles. The zero-order valence-electron chi connectivity index (χ0n) is 12.1. The fourth-order valence-electron chi connectivity index (χ4n) is 1.60. The molecule has 0 heterocycles. The number of anilines is 1. The predicted molar refractivity (Wildman–Crippen MR) is 79.9 cm³/mol. The molecule has 112 valence electrons. The van der Waals surface area contributed by atoms with E-state index in [2.05, 4.69) is 10.6 Å². The van der Waals surface area contributed by atoms with E-state index in [4.69, 9.17) is 9.47 Å². The van der Waals surface area contributed by atoms with Crippen LogP contribution >= 0.6 is 0 Å². The van der Waals surface area contributed by atoms with E-state index in [0.717, 1.165) is 18.5 Å². The maximum atomic E-state index is 11.6. The second-order valence-electron chi connectivity index (χ2n) is 4.38. The number of hydrogen-bond acceptors (Lipinski definition) is 4. The van der Waals surface area contributed by atoms with Crippen LogP contribution in [0.25, 0.3) is 0 Å². The van der Waals surface area contributed by atoms with Crippen LogP contribution < -0.4 is 10.6 Å². The number of amides is 1. The Hall–Kier alpha value is -1.59. The van der Waals surface area contributed by atoms with Gasteiger partial charge in [-0.3, -0.25) is 4.79 Å². The second-order valence-corrected chi connectivity index (χ2v) is 4.38. The summed E-state index contributed by atoms with van der Waals surface area (Å²) in [6.45, 7) is 2.95. The molecule has 0 bridgehead atoms. The van der Waals surface area contributed by atoms with Gasteiger partial charge in [-0.2, -0.15) is 0 Å². The maximum absolute atomic E-state index is 11.6. The molecule has 1 aromatic carbocycles. The Balaban J connectivity index is 1.93. The average molecular weight is 280 g/mol. The summed E-state index contributed by atoms with van der Waals surface area (Å²) >= 11 is 0. The minimum absolute atomic E-state index is 0.00848. The first-order valence-corrected chi connectivity index (χ1v) is 6.95. The van der Waals surface area contributed by atoms with Crippen LogP contribution in [-0.2, 0) is 14.3 Å². The Morgan fingerprint density at radius 1 is 1.10 bits per heavy atom. The minimum atomic E-state index is 0.00848. The van der Waals surface area contributed by atoms with E-state index in [1.807, 2.05) is 30.3 Å². The number of ether oxygens (including phenoxy) is 2. The smallest absolute Gasteiger partial charge is 0.239 e. The van der Waals surface area contributed by atoms with Crippen molar-refractivity contribution >= 4 is 11.6 Å². The molecule has 1 rings (SSSR count). The molecule has 0 atom stereocenters. The summed E-state index contributed by atoms with van der Waals surface area (Å²) in [5.74, 6) is 0.00848. The van der Waals surface area contributed by atoms with E-state index in [9.17, 15) is 4.79 Å². The highest BCUT2D eigenvalue weighted by Crippen LogP contribution is 2.03. The van der Waals surface area contributed by atoms with Crippen molar-refractivity contribution in [2.45, 2.75) is 12.8 Å². The summed E-state index contributed by atoms with van der Waals surface area (Å²) in [6, 6.07) is 9.68. The highest BCUT2D eigenvalue weighted by molar-refractivity contribution is 5.80.